The van der Waals surface area contributed by atoms with Crippen LogP contribution in [0.1, 0.15) is 13.3 Å². The third kappa shape index (κ3) is 2.43. The van der Waals surface area contributed by atoms with Crippen molar-refractivity contribution in [2.24, 2.45) is 0 Å². The van der Waals surface area contributed by atoms with Crippen LogP contribution in [0.4, 0.5) is 0 Å². The monoisotopic (exact) mass is 158 g/mol. The van der Waals surface area contributed by atoms with E-state index in [0.717, 1.165) is 26.1 Å². The minimum Gasteiger partial charge on any atom is -0.392 e. The van der Waals surface area contributed by atoms with Crippen molar-refractivity contribution < 1.29 is 5.11 Å². The zero-order valence-electron chi connectivity index (χ0n) is 7.38. The third-order valence-electron chi connectivity index (χ3n) is 2.32. The third-order valence-corrected chi connectivity index (χ3v) is 2.32. The lowest BCUT2D eigenvalue weighted by molar-refractivity contribution is 0.162. The van der Waals surface area contributed by atoms with Gasteiger partial charge in [-0.05, 0) is 20.4 Å². The fourth-order valence-corrected chi connectivity index (χ4v) is 1.59. The van der Waals surface area contributed by atoms with Gasteiger partial charge in [-0.25, -0.2) is 0 Å². The maximum absolute atomic E-state index is 9.25. The molecule has 0 aromatic rings. The van der Waals surface area contributed by atoms with Crippen LogP contribution >= 0.6 is 0 Å². The summed E-state index contributed by atoms with van der Waals surface area (Å²) >= 11 is 0. The molecule has 0 amide bonds. The molecule has 0 saturated carbocycles. The van der Waals surface area contributed by atoms with Gasteiger partial charge in [0, 0.05) is 25.7 Å². The molecule has 1 heterocycles. The van der Waals surface area contributed by atoms with E-state index in [1.165, 1.54) is 0 Å². The Morgan fingerprint density at radius 2 is 2.45 bits per heavy atom. The summed E-state index contributed by atoms with van der Waals surface area (Å²) < 4.78 is 0. The van der Waals surface area contributed by atoms with Crippen LogP contribution in [0, 0.1) is 0 Å². The maximum Gasteiger partial charge on any atom is 0.0679 e. The second-order valence-corrected chi connectivity index (χ2v) is 3.34. The fraction of sp³-hybridized carbons (Fsp3) is 1.00. The Labute approximate surface area is 68.4 Å². The van der Waals surface area contributed by atoms with Gasteiger partial charge in [0.25, 0.3) is 0 Å². The number of nitrogens with zero attached hydrogens (tertiary/aromatic N) is 1. The molecule has 2 N–H and O–H groups in total. The van der Waals surface area contributed by atoms with E-state index in [-0.39, 0.29) is 6.10 Å². The molecule has 3 nitrogen and oxygen atoms in total. The van der Waals surface area contributed by atoms with Crippen LogP contribution in [0.15, 0.2) is 0 Å². The van der Waals surface area contributed by atoms with Gasteiger partial charge < -0.3 is 10.4 Å². The number of aliphatic hydroxyl groups is 1. The molecule has 1 rings (SSSR count). The number of likely N-dealkylation sites (tertiary alicyclic amines) is 1. The molecule has 1 fully saturated rings. The molecule has 0 aliphatic carbocycles. The summed E-state index contributed by atoms with van der Waals surface area (Å²) in [4.78, 5) is 2.32. The van der Waals surface area contributed by atoms with Crippen LogP contribution in [-0.4, -0.2) is 48.8 Å². The number of β-amino-alcohol motifs (C(OH)–C–C–N with tert-alkyl or cyclic N) is 1. The minimum atomic E-state index is -0.0886. The van der Waals surface area contributed by atoms with Crippen LogP contribution in [0.3, 0.4) is 0 Å². The van der Waals surface area contributed by atoms with Gasteiger partial charge in [-0.3, -0.25) is 4.90 Å². The standard InChI is InChI=1S/C8H18N2O/c1-7(5-9-2)10-4-3-8(11)6-10/h7-9,11H,3-6H2,1-2H3. The topological polar surface area (TPSA) is 35.5 Å². The molecule has 2 unspecified atom stereocenters. The molecule has 66 valence electrons. The molecular formula is C8H18N2O. The summed E-state index contributed by atoms with van der Waals surface area (Å²) in [6, 6.07) is 0.553. The maximum atomic E-state index is 9.25. The molecule has 1 aliphatic heterocycles. The van der Waals surface area contributed by atoms with Crippen molar-refractivity contribution in [2.45, 2.75) is 25.5 Å². The quantitative estimate of drug-likeness (QED) is 0.590. The van der Waals surface area contributed by atoms with E-state index in [1.807, 2.05) is 7.05 Å². The van der Waals surface area contributed by atoms with Gasteiger partial charge in [-0.15, -0.1) is 0 Å². The SMILES string of the molecule is CNCC(C)N1CCC(O)C1. The van der Waals surface area contributed by atoms with Gasteiger partial charge in [-0.2, -0.15) is 0 Å². The molecule has 11 heavy (non-hydrogen) atoms. The van der Waals surface area contributed by atoms with Gasteiger partial charge >= 0.3 is 0 Å². The van der Waals surface area contributed by atoms with Gasteiger partial charge in [-0.1, -0.05) is 0 Å². The van der Waals surface area contributed by atoms with Crippen molar-refractivity contribution in [1.82, 2.24) is 10.2 Å². The summed E-state index contributed by atoms with van der Waals surface area (Å²) in [5.41, 5.74) is 0. The molecule has 2 atom stereocenters. The Balaban J connectivity index is 2.25. The summed E-state index contributed by atoms with van der Waals surface area (Å²) in [5.74, 6) is 0. The summed E-state index contributed by atoms with van der Waals surface area (Å²) in [7, 11) is 1.96. The molecule has 0 spiro atoms. The predicted molar refractivity (Wildman–Crippen MR) is 45.6 cm³/mol. The highest BCUT2D eigenvalue weighted by atomic mass is 16.3. The number of aliphatic hydroxyl groups excluding tert-OH is 1. The number of rotatable bonds is 3. The Hall–Kier alpha value is -0.120. The van der Waals surface area contributed by atoms with Gasteiger partial charge in [0.15, 0.2) is 0 Å². The molecule has 0 aromatic heterocycles. The first-order valence-corrected chi connectivity index (χ1v) is 4.30. The van der Waals surface area contributed by atoms with Crippen molar-refractivity contribution in [1.29, 1.82) is 0 Å². The average molecular weight is 158 g/mol. The Morgan fingerprint density at radius 3 is 2.91 bits per heavy atom. The normalized spacial score (nSPS) is 29.2. The highest BCUT2D eigenvalue weighted by Gasteiger charge is 2.23. The van der Waals surface area contributed by atoms with Crippen LogP contribution in [0.2, 0.25) is 0 Å². The average Bonchev–Trinajstić information content (AvgIpc) is 2.36. The van der Waals surface area contributed by atoms with Crippen LogP contribution in [0.25, 0.3) is 0 Å². The number of hydrogen-bond donors (Lipinski definition) is 2. The van der Waals surface area contributed by atoms with E-state index >= 15 is 0 Å². The van der Waals surface area contributed by atoms with Crippen molar-refractivity contribution in [3.63, 3.8) is 0 Å². The van der Waals surface area contributed by atoms with E-state index in [2.05, 4.69) is 17.1 Å². The summed E-state index contributed by atoms with van der Waals surface area (Å²) in [5, 5.41) is 12.4. The van der Waals surface area contributed by atoms with Gasteiger partial charge in [0.2, 0.25) is 0 Å². The lowest BCUT2D eigenvalue weighted by Crippen LogP contribution is -2.38. The van der Waals surface area contributed by atoms with Crippen LogP contribution in [0.5, 0.6) is 0 Å². The number of hydrogen-bond acceptors (Lipinski definition) is 3. The van der Waals surface area contributed by atoms with Gasteiger partial charge in [0.05, 0.1) is 6.10 Å². The molecule has 0 radical (unpaired) electrons. The van der Waals surface area contributed by atoms with Crippen molar-refractivity contribution in [3.05, 3.63) is 0 Å². The van der Waals surface area contributed by atoms with Crippen molar-refractivity contribution in [2.75, 3.05) is 26.7 Å². The zero-order chi connectivity index (χ0) is 8.27. The first-order valence-electron chi connectivity index (χ1n) is 4.30. The summed E-state index contributed by atoms with van der Waals surface area (Å²) in [6.07, 6.45) is 0.850. The molecule has 0 aromatic carbocycles. The molecular weight excluding hydrogens is 140 g/mol. The Kier molecular flexibility index (Phi) is 3.30. The number of nitrogens with one attached hydrogen (secondary N) is 1. The smallest absolute Gasteiger partial charge is 0.0679 e. The molecule has 3 heteroatoms. The summed E-state index contributed by atoms with van der Waals surface area (Å²) in [6.45, 7) is 5.09. The first kappa shape index (κ1) is 8.97. The fourth-order valence-electron chi connectivity index (χ4n) is 1.59. The van der Waals surface area contributed by atoms with E-state index in [4.69, 9.17) is 0 Å². The van der Waals surface area contributed by atoms with Crippen molar-refractivity contribution >= 4 is 0 Å². The molecule has 1 aliphatic rings. The van der Waals surface area contributed by atoms with E-state index in [0.29, 0.717) is 6.04 Å². The number of likely N-dealkylation sites (N-methyl/N-ethyl adjacent to an activating group) is 1. The van der Waals surface area contributed by atoms with E-state index in [1.54, 1.807) is 0 Å². The predicted octanol–water partition coefficient (Wildman–Crippen LogP) is -0.339. The Bertz CT molecular complexity index is 119. The van der Waals surface area contributed by atoms with E-state index < -0.39 is 0 Å². The van der Waals surface area contributed by atoms with E-state index in [9.17, 15) is 5.11 Å². The van der Waals surface area contributed by atoms with Gasteiger partial charge in [0.1, 0.15) is 0 Å². The second-order valence-electron chi connectivity index (χ2n) is 3.34. The molecule has 1 saturated heterocycles. The van der Waals surface area contributed by atoms with Crippen LogP contribution < -0.4 is 5.32 Å². The highest BCUT2D eigenvalue weighted by Crippen LogP contribution is 2.11. The van der Waals surface area contributed by atoms with Crippen LogP contribution in [-0.2, 0) is 0 Å². The highest BCUT2D eigenvalue weighted by molar-refractivity contribution is 4.79. The molecule has 0 bridgehead atoms. The van der Waals surface area contributed by atoms with Crippen molar-refractivity contribution in [3.8, 4) is 0 Å². The zero-order valence-corrected chi connectivity index (χ0v) is 7.38. The first-order chi connectivity index (χ1) is 5.24. The Morgan fingerprint density at radius 1 is 1.73 bits per heavy atom. The largest absolute Gasteiger partial charge is 0.392 e. The lowest BCUT2D eigenvalue weighted by atomic mass is 10.3. The second kappa shape index (κ2) is 4.04. The minimum absolute atomic E-state index is 0.0886. The lowest BCUT2D eigenvalue weighted by Gasteiger charge is -2.23.